The lowest BCUT2D eigenvalue weighted by Gasteiger charge is -2.11. The summed E-state index contributed by atoms with van der Waals surface area (Å²) in [4.78, 5) is 21.6. The molecule has 0 unspecified atom stereocenters. The first kappa shape index (κ1) is 17.1. The number of carbonyl (C=O) groups is 1. The minimum Gasteiger partial charge on any atom is -0.506 e. The van der Waals surface area contributed by atoms with Crippen molar-refractivity contribution in [3.05, 3.63) is 58.1 Å². The van der Waals surface area contributed by atoms with E-state index in [1.165, 1.54) is 6.07 Å². The minimum atomic E-state index is -4.55. The van der Waals surface area contributed by atoms with Crippen LogP contribution in [-0.2, 0) is 6.18 Å². The number of benzene rings is 2. The molecule has 0 fully saturated rings. The Morgan fingerprint density at radius 3 is 2.42 bits per heavy atom. The second-order valence-corrected chi connectivity index (χ2v) is 4.62. The lowest BCUT2D eigenvalue weighted by molar-refractivity contribution is -0.384. The fourth-order valence-corrected chi connectivity index (χ4v) is 1.80. The van der Waals surface area contributed by atoms with Crippen molar-refractivity contribution >= 4 is 23.1 Å². The van der Waals surface area contributed by atoms with E-state index in [4.69, 9.17) is 0 Å². The molecule has 2 rings (SSSR count). The summed E-state index contributed by atoms with van der Waals surface area (Å²) >= 11 is 0. The van der Waals surface area contributed by atoms with Gasteiger partial charge < -0.3 is 15.7 Å². The summed E-state index contributed by atoms with van der Waals surface area (Å²) < 4.78 is 37.8. The maximum absolute atomic E-state index is 12.6. The molecule has 3 N–H and O–H groups in total. The molecule has 0 spiro atoms. The van der Waals surface area contributed by atoms with Crippen molar-refractivity contribution in [2.45, 2.75) is 6.18 Å². The van der Waals surface area contributed by atoms with Gasteiger partial charge in [-0.3, -0.25) is 10.1 Å². The molecule has 7 nitrogen and oxygen atoms in total. The van der Waals surface area contributed by atoms with Crippen molar-refractivity contribution in [2.24, 2.45) is 0 Å². The number of nitrogens with one attached hydrogen (secondary N) is 2. The highest BCUT2D eigenvalue weighted by Crippen LogP contribution is 2.31. The molecule has 0 aromatic heterocycles. The van der Waals surface area contributed by atoms with Crippen LogP contribution in [0.15, 0.2) is 42.5 Å². The summed E-state index contributed by atoms with van der Waals surface area (Å²) in [5.41, 5.74) is -1.55. The summed E-state index contributed by atoms with van der Waals surface area (Å²) in [5.74, 6) is -0.552. The van der Waals surface area contributed by atoms with Crippen molar-refractivity contribution < 1.29 is 28.0 Å². The van der Waals surface area contributed by atoms with Crippen molar-refractivity contribution in [3.8, 4) is 5.75 Å². The van der Waals surface area contributed by atoms with Gasteiger partial charge in [0.05, 0.1) is 22.2 Å². The zero-order chi connectivity index (χ0) is 17.9. The normalized spacial score (nSPS) is 11.0. The highest BCUT2D eigenvalue weighted by atomic mass is 19.4. The highest BCUT2D eigenvalue weighted by molar-refractivity contribution is 6.00. The Morgan fingerprint density at radius 2 is 1.83 bits per heavy atom. The third-order valence-electron chi connectivity index (χ3n) is 2.89. The molecule has 10 heteroatoms. The third-order valence-corrected chi connectivity index (χ3v) is 2.89. The molecule has 24 heavy (non-hydrogen) atoms. The molecule has 126 valence electrons. The summed E-state index contributed by atoms with van der Waals surface area (Å²) in [6.45, 7) is 0. The number of alkyl halides is 3. The first-order valence-corrected chi connectivity index (χ1v) is 6.39. The number of hydrogen-bond acceptors (Lipinski definition) is 4. The van der Waals surface area contributed by atoms with Gasteiger partial charge in [-0.25, -0.2) is 4.79 Å². The summed E-state index contributed by atoms with van der Waals surface area (Å²) in [6.07, 6.45) is -4.55. The van der Waals surface area contributed by atoms with E-state index in [1.54, 1.807) is 0 Å². The van der Waals surface area contributed by atoms with Crippen LogP contribution in [0.25, 0.3) is 0 Å². The average molecular weight is 341 g/mol. The number of nitrogens with zero attached hydrogens (tertiary/aromatic N) is 1. The van der Waals surface area contributed by atoms with Crippen LogP contribution in [0.1, 0.15) is 5.56 Å². The quantitative estimate of drug-likeness (QED) is 0.446. The standard InChI is InChI=1S/C14H10F3N3O4/c15-14(16,17)8-2-1-3-9(6-8)18-13(22)19-11-5-4-10(20(23)24)7-12(11)21/h1-7,21H,(H2,18,19,22). The number of amides is 2. The summed E-state index contributed by atoms with van der Waals surface area (Å²) in [6, 6.07) is 6.05. The molecular weight excluding hydrogens is 331 g/mol. The fourth-order valence-electron chi connectivity index (χ4n) is 1.80. The molecule has 2 amide bonds. The highest BCUT2D eigenvalue weighted by Gasteiger charge is 2.30. The van der Waals surface area contributed by atoms with Crippen molar-refractivity contribution in [3.63, 3.8) is 0 Å². The molecule has 2 aromatic rings. The number of non-ortho nitro benzene ring substituents is 1. The van der Waals surface area contributed by atoms with E-state index < -0.39 is 28.4 Å². The Morgan fingerprint density at radius 1 is 1.12 bits per heavy atom. The van der Waals surface area contributed by atoms with E-state index in [9.17, 15) is 33.2 Å². The Bertz CT molecular complexity index is 793. The maximum atomic E-state index is 12.6. The molecule has 0 bridgehead atoms. The number of carbonyl (C=O) groups excluding carboxylic acids is 1. The van der Waals surface area contributed by atoms with Gasteiger partial charge in [-0.2, -0.15) is 13.2 Å². The molecule has 0 radical (unpaired) electrons. The van der Waals surface area contributed by atoms with Gasteiger partial charge in [-0.1, -0.05) is 6.07 Å². The predicted octanol–water partition coefficient (Wildman–Crippen LogP) is 3.96. The number of phenols is 1. The lowest BCUT2D eigenvalue weighted by atomic mass is 10.2. The smallest absolute Gasteiger partial charge is 0.416 e. The van der Waals surface area contributed by atoms with Crippen LogP contribution in [0.3, 0.4) is 0 Å². The second-order valence-electron chi connectivity index (χ2n) is 4.62. The van der Waals surface area contributed by atoms with Crippen molar-refractivity contribution in [2.75, 3.05) is 10.6 Å². The molecule has 0 heterocycles. The van der Waals surface area contributed by atoms with Crippen LogP contribution in [0, 0.1) is 10.1 Å². The van der Waals surface area contributed by atoms with Gasteiger partial charge in [0.2, 0.25) is 0 Å². The van der Waals surface area contributed by atoms with Crippen molar-refractivity contribution in [1.29, 1.82) is 0 Å². The molecular formula is C14H10F3N3O4. The Labute approximate surface area is 132 Å². The van der Waals surface area contributed by atoms with Crippen LogP contribution in [-0.4, -0.2) is 16.1 Å². The predicted molar refractivity (Wildman–Crippen MR) is 78.8 cm³/mol. The number of urea groups is 1. The van der Waals surface area contributed by atoms with E-state index in [-0.39, 0.29) is 17.1 Å². The van der Waals surface area contributed by atoms with Gasteiger partial charge in [-0.05, 0) is 24.3 Å². The Balaban J connectivity index is 2.10. The van der Waals surface area contributed by atoms with Crippen LogP contribution < -0.4 is 10.6 Å². The zero-order valence-corrected chi connectivity index (χ0v) is 11.8. The van der Waals surface area contributed by atoms with E-state index in [0.29, 0.717) is 0 Å². The van der Waals surface area contributed by atoms with Crippen LogP contribution in [0.2, 0.25) is 0 Å². The number of aromatic hydroxyl groups is 1. The Kier molecular flexibility index (Phi) is 4.58. The van der Waals surface area contributed by atoms with E-state index >= 15 is 0 Å². The number of hydrogen-bond donors (Lipinski definition) is 3. The van der Waals surface area contributed by atoms with Crippen LogP contribution in [0.5, 0.6) is 5.75 Å². The lowest BCUT2D eigenvalue weighted by Crippen LogP contribution is -2.20. The minimum absolute atomic E-state index is 0.108. The topological polar surface area (TPSA) is 104 Å². The number of nitro benzene ring substituents is 1. The monoisotopic (exact) mass is 341 g/mol. The van der Waals surface area contributed by atoms with E-state index in [0.717, 1.165) is 36.4 Å². The molecule has 0 saturated heterocycles. The largest absolute Gasteiger partial charge is 0.506 e. The van der Waals surface area contributed by atoms with Gasteiger partial charge in [0.15, 0.2) is 0 Å². The van der Waals surface area contributed by atoms with Crippen LogP contribution in [0.4, 0.5) is 35.0 Å². The Hall–Kier alpha value is -3.30. The number of halogens is 3. The van der Waals surface area contributed by atoms with Gasteiger partial charge in [0, 0.05) is 11.8 Å². The third kappa shape index (κ3) is 4.12. The number of phenolic OH excluding ortho intramolecular Hbond substituents is 1. The number of anilines is 2. The van der Waals surface area contributed by atoms with E-state index in [2.05, 4.69) is 10.6 Å². The number of nitro groups is 1. The molecule has 0 saturated carbocycles. The SMILES string of the molecule is O=C(Nc1cccc(C(F)(F)F)c1)Nc1ccc([N+](=O)[O-])cc1O. The molecule has 0 atom stereocenters. The van der Waals surface area contributed by atoms with Gasteiger partial charge >= 0.3 is 12.2 Å². The fraction of sp³-hybridized carbons (Fsp3) is 0.0714. The molecule has 0 aliphatic carbocycles. The molecule has 0 aliphatic rings. The maximum Gasteiger partial charge on any atom is 0.416 e. The first-order chi connectivity index (χ1) is 11.2. The average Bonchev–Trinajstić information content (AvgIpc) is 2.48. The summed E-state index contributed by atoms with van der Waals surface area (Å²) in [7, 11) is 0. The summed E-state index contributed by atoms with van der Waals surface area (Å²) in [5, 5.41) is 24.5. The first-order valence-electron chi connectivity index (χ1n) is 6.39. The van der Waals surface area contributed by atoms with Crippen molar-refractivity contribution in [1.82, 2.24) is 0 Å². The van der Waals surface area contributed by atoms with Gasteiger partial charge in [0.25, 0.3) is 5.69 Å². The van der Waals surface area contributed by atoms with E-state index in [1.807, 2.05) is 0 Å². The van der Waals surface area contributed by atoms with Gasteiger partial charge in [0.1, 0.15) is 5.75 Å². The van der Waals surface area contributed by atoms with Crippen LogP contribution >= 0.6 is 0 Å². The zero-order valence-electron chi connectivity index (χ0n) is 11.8. The van der Waals surface area contributed by atoms with Gasteiger partial charge in [-0.15, -0.1) is 0 Å². The molecule has 2 aromatic carbocycles. The second kappa shape index (κ2) is 6.44. The number of rotatable bonds is 3. The molecule has 0 aliphatic heterocycles.